The number of likely N-dealkylation sites (tertiary alicyclic amines) is 1. The molecule has 2 N–H and O–H groups in total. The highest BCUT2D eigenvalue weighted by Gasteiger charge is 2.13. The average molecular weight is 292 g/mol. The van der Waals surface area contributed by atoms with Crippen molar-refractivity contribution >= 4 is 11.7 Å². The number of nitrogens with two attached hydrogens (primary N) is 1. The van der Waals surface area contributed by atoms with Crippen molar-refractivity contribution in [2.75, 3.05) is 38.6 Å². The number of ether oxygens (including phenoxy) is 2. The molecule has 1 heterocycles. The Bertz CT molecular complexity index is 471. The monoisotopic (exact) mass is 292 g/mol. The smallest absolute Gasteiger partial charge is 0.338 e. The molecule has 1 fully saturated rings. The number of rotatable bonds is 6. The summed E-state index contributed by atoms with van der Waals surface area (Å²) in [7, 11) is 0. The summed E-state index contributed by atoms with van der Waals surface area (Å²) in [6.45, 7) is 5.83. The summed E-state index contributed by atoms with van der Waals surface area (Å²) in [5.74, 6) is 0.205. The Hall–Kier alpha value is -1.75. The first-order valence-corrected chi connectivity index (χ1v) is 7.62. The minimum Gasteiger partial charge on any atom is -0.492 e. The second kappa shape index (κ2) is 7.88. The van der Waals surface area contributed by atoms with E-state index in [0.717, 1.165) is 19.6 Å². The van der Waals surface area contributed by atoms with E-state index in [1.807, 2.05) is 6.92 Å². The van der Waals surface area contributed by atoms with Crippen LogP contribution in [0.5, 0.6) is 5.75 Å². The zero-order chi connectivity index (χ0) is 15.1. The Balaban J connectivity index is 1.83. The first kappa shape index (κ1) is 15.6. The zero-order valence-corrected chi connectivity index (χ0v) is 12.6. The quantitative estimate of drug-likeness (QED) is 0.644. The maximum atomic E-state index is 12.0. The molecule has 0 aromatic heterocycles. The van der Waals surface area contributed by atoms with Gasteiger partial charge in [0.2, 0.25) is 0 Å². The second-order valence-electron chi connectivity index (χ2n) is 5.22. The average Bonchev–Trinajstić information content (AvgIpc) is 2.50. The molecule has 0 unspecified atom stereocenters. The highest BCUT2D eigenvalue weighted by molar-refractivity contribution is 5.90. The van der Waals surface area contributed by atoms with Crippen LogP contribution in [0.25, 0.3) is 0 Å². The number of hydrogen-bond acceptors (Lipinski definition) is 5. The fourth-order valence-electron chi connectivity index (χ4n) is 2.48. The molecule has 21 heavy (non-hydrogen) atoms. The maximum absolute atomic E-state index is 12.0. The number of carbonyl (C=O) groups excluding carboxylic acids is 1. The van der Waals surface area contributed by atoms with Crippen LogP contribution >= 0.6 is 0 Å². The van der Waals surface area contributed by atoms with Crippen LogP contribution in [0.15, 0.2) is 18.2 Å². The summed E-state index contributed by atoms with van der Waals surface area (Å²) in [6.07, 6.45) is 3.79. The predicted octanol–water partition coefficient (Wildman–Crippen LogP) is 2.31. The summed E-state index contributed by atoms with van der Waals surface area (Å²) < 4.78 is 10.7. The van der Waals surface area contributed by atoms with Crippen LogP contribution in [0, 0.1) is 0 Å². The molecule has 0 radical (unpaired) electrons. The van der Waals surface area contributed by atoms with Gasteiger partial charge in [-0.1, -0.05) is 6.42 Å². The van der Waals surface area contributed by atoms with E-state index < -0.39 is 0 Å². The van der Waals surface area contributed by atoms with Crippen molar-refractivity contribution in [2.45, 2.75) is 26.2 Å². The molecule has 5 heteroatoms. The lowest BCUT2D eigenvalue weighted by Crippen LogP contribution is -2.33. The number of anilines is 1. The lowest BCUT2D eigenvalue weighted by atomic mass is 10.1. The Morgan fingerprint density at radius 3 is 2.76 bits per heavy atom. The van der Waals surface area contributed by atoms with E-state index in [9.17, 15) is 4.79 Å². The molecule has 1 aromatic carbocycles. The normalized spacial score (nSPS) is 15.7. The van der Waals surface area contributed by atoms with Crippen molar-refractivity contribution in [3.05, 3.63) is 23.8 Å². The van der Waals surface area contributed by atoms with Crippen molar-refractivity contribution in [1.82, 2.24) is 4.90 Å². The molecule has 116 valence electrons. The molecular weight excluding hydrogens is 268 g/mol. The summed E-state index contributed by atoms with van der Waals surface area (Å²) in [5, 5.41) is 0. The molecule has 0 atom stereocenters. The Morgan fingerprint density at radius 2 is 2.05 bits per heavy atom. The SMILES string of the molecule is CCOc1cc(C(=O)OCCN2CCCCC2)ccc1N. The van der Waals surface area contributed by atoms with E-state index >= 15 is 0 Å². The van der Waals surface area contributed by atoms with E-state index in [4.69, 9.17) is 15.2 Å². The molecule has 0 saturated carbocycles. The van der Waals surface area contributed by atoms with Crippen molar-refractivity contribution in [3.63, 3.8) is 0 Å². The van der Waals surface area contributed by atoms with Crippen LogP contribution in [0.2, 0.25) is 0 Å². The van der Waals surface area contributed by atoms with Crippen LogP contribution < -0.4 is 10.5 Å². The van der Waals surface area contributed by atoms with Gasteiger partial charge in [-0.3, -0.25) is 4.90 Å². The lowest BCUT2D eigenvalue weighted by molar-refractivity contribution is 0.0451. The topological polar surface area (TPSA) is 64.8 Å². The van der Waals surface area contributed by atoms with Crippen molar-refractivity contribution in [1.29, 1.82) is 0 Å². The third kappa shape index (κ3) is 4.63. The van der Waals surface area contributed by atoms with Gasteiger partial charge in [0, 0.05) is 6.54 Å². The fourth-order valence-corrected chi connectivity index (χ4v) is 2.48. The molecule has 1 saturated heterocycles. The second-order valence-corrected chi connectivity index (χ2v) is 5.22. The highest BCUT2D eigenvalue weighted by atomic mass is 16.5. The van der Waals surface area contributed by atoms with Gasteiger partial charge in [0.15, 0.2) is 0 Å². The van der Waals surface area contributed by atoms with E-state index in [1.165, 1.54) is 19.3 Å². The number of nitrogens with zero attached hydrogens (tertiary/aromatic N) is 1. The number of nitrogen functional groups attached to an aromatic ring is 1. The molecule has 1 aliphatic heterocycles. The number of hydrogen-bond donors (Lipinski definition) is 1. The molecule has 2 rings (SSSR count). The van der Waals surface area contributed by atoms with Gasteiger partial charge in [-0.15, -0.1) is 0 Å². The standard InChI is InChI=1S/C16H24N2O3/c1-2-20-15-12-13(6-7-14(15)17)16(19)21-11-10-18-8-4-3-5-9-18/h6-7,12H,2-5,8-11,17H2,1H3. The molecular formula is C16H24N2O3. The van der Waals surface area contributed by atoms with Gasteiger partial charge in [0.05, 0.1) is 17.9 Å². The summed E-state index contributed by atoms with van der Waals surface area (Å²) >= 11 is 0. The molecule has 0 spiro atoms. The van der Waals surface area contributed by atoms with Gasteiger partial charge in [0.1, 0.15) is 12.4 Å². The maximum Gasteiger partial charge on any atom is 0.338 e. The van der Waals surface area contributed by atoms with Gasteiger partial charge < -0.3 is 15.2 Å². The van der Waals surface area contributed by atoms with E-state index in [1.54, 1.807) is 18.2 Å². The molecule has 5 nitrogen and oxygen atoms in total. The van der Waals surface area contributed by atoms with Gasteiger partial charge >= 0.3 is 5.97 Å². The minimum atomic E-state index is -0.326. The molecule has 1 aliphatic rings. The van der Waals surface area contributed by atoms with E-state index in [0.29, 0.717) is 30.2 Å². The number of carbonyl (C=O) groups is 1. The van der Waals surface area contributed by atoms with Gasteiger partial charge in [-0.25, -0.2) is 4.79 Å². The third-order valence-corrected chi connectivity index (χ3v) is 3.64. The summed E-state index contributed by atoms with van der Waals surface area (Å²) in [4.78, 5) is 14.4. The van der Waals surface area contributed by atoms with Crippen molar-refractivity contribution in [3.8, 4) is 5.75 Å². The Labute approximate surface area is 126 Å². The number of piperidine rings is 1. The zero-order valence-electron chi connectivity index (χ0n) is 12.6. The number of benzene rings is 1. The predicted molar refractivity (Wildman–Crippen MR) is 82.6 cm³/mol. The van der Waals surface area contributed by atoms with Crippen LogP contribution in [0.4, 0.5) is 5.69 Å². The molecule has 1 aromatic rings. The van der Waals surface area contributed by atoms with Crippen molar-refractivity contribution in [2.24, 2.45) is 0 Å². The number of esters is 1. The van der Waals surface area contributed by atoms with Crippen LogP contribution in [-0.2, 0) is 4.74 Å². The van der Waals surface area contributed by atoms with Gasteiger partial charge in [-0.05, 0) is 51.1 Å². The molecule has 0 bridgehead atoms. The van der Waals surface area contributed by atoms with Crippen LogP contribution in [0.1, 0.15) is 36.5 Å². The lowest BCUT2D eigenvalue weighted by Gasteiger charge is -2.25. The van der Waals surface area contributed by atoms with Gasteiger partial charge in [-0.2, -0.15) is 0 Å². The molecule has 0 amide bonds. The highest BCUT2D eigenvalue weighted by Crippen LogP contribution is 2.23. The summed E-state index contributed by atoms with van der Waals surface area (Å²) in [5.41, 5.74) is 6.80. The first-order chi connectivity index (χ1) is 10.2. The van der Waals surface area contributed by atoms with Crippen molar-refractivity contribution < 1.29 is 14.3 Å². The van der Waals surface area contributed by atoms with Crippen LogP contribution in [0.3, 0.4) is 0 Å². The third-order valence-electron chi connectivity index (χ3n) is 3.64. The van der Waals surface area contributed by atoms with E-state index in [-0.39, 0.29) is 5.97 Å². The van der Waals surface area contributed by atoms with Crippen LogP contribution in [-0.4, -0.2) is 43.7 Å². The largest absolute Gasteiger partial charge is 0.492 e. The Morgan fingerprint density at radius 1 is 1.29 bits per heavy atom. The van der Waals surface area contributed by atoms with E-state index in [2.05, 4.69) is 4.90 Å². The van der Waals surface area contributed by atoms with Gasteiger partial charge in [0.25, 0.3) is 0 Å². The first-order valence-electron chi connectivity index (χ1n) is 7.62. The Kier molecular flexibility index (Phi) is 5.87. The summed E-state index contributed by atoms with van der Waals surface area (Å²) in [6, 6.07) is 4.98. The minimum absolute atomic E-state index is 0.326. The molecule has 0 aliphatic carbocycles. The fraction of sp³-hybridized carbons (Fsp3) is 0.562.